The van der Waals surface area contributed by atoms with Crippen LogP contribution in [0.15, 0.2) is 43.2 Å². The zero-order valence-corrected chi connectivity index (χ0v) is 14.3. The molecule has 3 aromatic rings. The third-order valence-corrected chi connectivity index (χ3v) is 4.02. The monoisotopic (exact) mass is 339 g/mol. The molecule has 1 atom stereocenters. The van der Waals surface area contributed by atoms with Gasteiger partial charge in [0.05, 0.1) is 12.2 Å². The average molecular weight is 339 g/mol. The lowest BCUT2D eigenvalue weighted by Gasteiger charge is -2.14. The molecule has 0 fully saturated rings. The predicted octanol–water partition coefficient (Wildman–Crippen LogP) is 1.82. The van der Waals surface area contributed by atoms with Crippen LogP contribution in [0.2, 0.25) is 0 Å². The summed E-state index contributed by atoms with van der Waals surface area (Å²) in [5.41, 5.74) is 1.95. The van der Waals surface area contributed by atoms with Gasteiger partial charge in [-0.3, -0.25) is 9.48 Å². The summed E-state index contributed by atoms with van der Waals surface area (Å²) in [6, 6.07) is 5.57. The molecule has 0 bridgehead atoms. The number of pyridine rings is 1. The van der Waals surface area contributed by atoms with E-state index in [-0.39, 0.29) is 11.9 Å². The molecule has 0 radical (unpaired) electrons. The van der Waals surface area contributed by atoms with E-state index in [1.165, 1.54) is 6.33 Å². The van der Waals surface area contributed by atoms with E-state index in [9.17, 15) is 4.79 Å². The zero-order chi connectivity index (χ0) is 17.6. The fourth-order valence-electron chi connectivity index (χ4n) is 2.70. The highest BCUT2D eigenvalue weighted by molar-refractivity contribution is 5.76. The van der Waals surface area contributed by atoms with E-state index in [4.69, 9.17) is 0 Å². The number of amides is 1. The van der Waals surface area contributed by atoms with Crippen LogP contribution in [0.1, 0.15) is 37.1 Å². The lowest BCUT2D eigenvalue weighted by atomic mass is 10.1. The molecule has 0 spiro atoms. The molecule has 0 aliphatic carbocycles. The van der Waals surface area contributed by atoms with Gasteiger partial charge in [0.2, 0.25) is 5.91 Å². The van der Waals surface area contributed by atoms with Gasteiger partial charge in [-0.15, -0.1) is 0 Å². The van der Waals surface area contributed by atoms with E-state index >= 15 is 0 Å². The molecule has 3 aromatic heterocycles. The predicted molar refractivity (Wildman–Crippen MR) is 91.9 cm³/mol. The molecule has 0 aliphatic rings. The lowest BCUT2D eigenvalue weighted by Crippen LogP contribution is -2.27. The summed E-state index contributed by atoms with van der Waals surface area (Å²) in [6.45, 7) is 4.62. The standard InChI is InChI=1S/C17H21N7O/c1-13(22-17(25)7-5-9-23-12-18-11-21-23)15-10-20-24(14(15)2)16-6-3-4-8-19-16/h3-4,6,8,10-13H,5,7,9H2,1-2H3,(H,22,25)/t13-/m0/s1. The Kier molecular flexibility index (Phi) is 5.17. The van der Waals surface area contributed by atoms with Gasteiger partial charge in [0.25, 0.3) is 0 Å². The van der Waals surface area contributed by atoms with Gasteiger partial charge in [0, 0.05) is 30.4 Å². The molecule has 0 saturated heterocycles. The molecule has 0 aliphatic heterocycles. The van der Waals surface area contributed by atoms with E-state index in [0.29, 0.717) is 19.4 Å². The molecule has 3 heterocycles. The molecule has 1 N–H and O–H groups in total. The molecule has 25 heavy (non-hydrogen) atoms. The minimum Gasteiger partial charge on any atom is -0.349 e. The van der Waals surface area contributed by atoms with Crippen molar-refractivity contribution < 1.29 is 4.79 Å². The van der Waals surface area contributed by atoms with Crippen LogP contribution in [-0.4, -0.2) is 35.4 Å². The fourth-order valence-corrected chi connectivity index (χ4v) is 2.70. The zero-order valence-electron chi connectivity index (χ0n) is 14.3. The molecule has 130 valence electrons. The van der Waals surface area contributed by atoms with Gasteiger partial charge in [0.15, 0.2) is 5.82 Å². The first kappa shape index (κ1) is 16.8. The quantitative estimate of drug-likeness (QED) is 0.709. The van der Waals surface area contributed by atoms with E-state index in [1.807, 2.05) is 32.0 Å². The van der Waals surface area contributed by atoms with Crippen LogP contribution in [-0.2, 0) is 11.3 Å². The molecular weight excluding hydrogens is 318 g/mol. The second-order valence-corrected chi connectivity index (χ2v) is 5.84. The van der Waals surface area contributed by atoms with Crippen molar-refractivity contribution >= 4 is 5.91 Å². The minimum absolute atomic E-state index is 0.0117. The van der Waals surface area contributed by atoms with Gasteiger partial charge in [0.1, 0.15) is 12.7 Å². The summed E-state index contributed by atoms with van der Waals surface area (Å²) in [5, 5.41) is 11.4. The topological polar surface area (TPSA) is 90.5 Å². The largest absolute Gasteiger partial charge is 0.349 e. The number of hydrogen-bond acceptors (Lipinski definition) is 5. The highest BCUT2D eigenvalue weighted by Crippen LogP contribution is 2.19. The van der Waals surface area contributed by atoms with Crippen LogP contribution in [0.25, 0.3) is 5.82 Å². The molecule has 8 nitrogen and oxygen atoms in total. The molecule has 8 heteroatoms. The summed E-state index contributed by atoms with van der Waals surface area (Å²) in [7, 11) is 0. The molecule has 0 unspecified atom stereocenters. The third kappa shape index (κ3) is 4.09. The van der Waals surface area contributed by atoms with E-state index in [0.717, 1.165) is 17.1 Å². The van der Waals surface area contributed by atoms with Crippen molar-refractivity contribution in [3.63, 3.8) is 0 Å². The Morgan fingerprint density at radius 1 is 1.32 bits per heavy atom. The molecule has 0 saturated carbocycles. The molecule has 3 rings (SSSR count). The number of carbonyl (C=O) groups excluding carboxylic acids is 1. The van der Waals surface area contributed by atoms with Gasteiger partial charge < -0.3 is 5.32 Å². The lowest BCUT2D eigenvalue weighted by molar-refractivity contribution is -0.121. The van der Waals surface area contributed by atoms with Crippen molar-refractivity contribution in [2.24, 2.45) is 0 Å². The molecule has 0 aromatic carbocycles. The van der Waals surface area contributed by atoms with Crippen LogP contribution in [0, 0.1) is 6.92 Å². The number of nitrogens with one attached hydrogen (secondary N) is 1. The average Bonchev–Trinajstić information content (AvgIpc) is 3.25. The van der Waals surface area contributed by atoms with Gasteiger partial charge in [-0.2, -0.15) is 10.2 Å². The summed E-state index contributed by atoms with van der Waals surface area (Å²) in [4.78, 5) is 20.3. The Morgan fingerprint density at radius 3 is 2.92 bits per heavy atom. The van der Waals surface area contributed by atoms with Crippen molar-refractivity contribution in [1.82, 2.24) is 34.8 Å². The summed E-state index contributed by atoms with van der Waals surface area (Å²) < 4.78 is 3.50. The van der Waals surface area contributed by atoms with Crippen molar-refractivity contribution in [2.45, 2.75) is 39.3 Å². The second kappa shape index (κ2) is 7.69. The summed E-state index contributed by atoms with van der Waals surface area (Å²) in [6.07, 6.45) is 7.81. The maximum atomic E-state index is 12.1. The SMILES string of the molecule is Cc1c([C@H](C)NC(=O)CCCn2cncn2)cnn1-c1ccccn1. The third-order valence-electron chi connectivity index (χ3n) is 4.02. The van der Waals surface area contributed by atoms with Crippen molar-refractivity contribution in [3.8, 4) is 5.82 Å². The van der Waals surface area contributed by atoms with Crippen molar-refractivity contribution in [3.05, 3.63) is 54.5 Å². The normalized spacial score (nSPS) is 12.1. The summed E-state index contributed by atoms with van der Waals surface area (Å²) in [5.74, 6) is 0.773. The first-order valence-corrected chi connectivity index (χ1v) is 8.23. The first-order valence-electron chi connectivity index (χ1n) is 8.23. The van der Waals surface area contributed by atoms with Gasteiger partial charge >= 0.3 is 0 Å². The van der Waals surface area contributed by atoms with Crippen LogP contribution in [0.5, 0.6) is 0 Å². The Morgan fingerprint density at radius 2 is 2.20 bits per heavy atom. The Balaban J connectivity index is 1.57. The number of rotatable bonds is 7. The van der Waals surface area contributed by atoms with E-state index < -0.39 is 0 Å². The number of nitrogens with zero attached hydrogens (tertiary/aromatic N) is 6. The molecule has 1 amide bonds. The van der Waals surface area contributed by atoms with Crippen molar-refractivity contribution in [1.29, 1.82) is 0 Å². The number of carbonyl (C=O) groups is 1. The minimum atomic E-state index is -0.115. The maximum absolute atomic E-state index is 12.1. The maximum Gasteiger partial charge on any atom is 0.220 e. The smallest absolute Gasteiger partial charge is 0.220 e. The van der Waals surface area contributed by atoms with Gasteiger partial charge in [-0.1, -0.05) is 6.07 Å². The number of aromatic nitrogens is 6. The van der Waals surface area contributed by atoms with E-state index in [2.05, 4.69) is 25.5 Å². The number of hydrogen-bond donors (Lipinski definition) is 1. The highest BCUT2D eigenvalue weighted by atomic mass is 16.1. The fraction of sp³-hybridized carbons (Fsp3) is 0.353. The second-order valence-electron chi connectivity index (χ2n) is 5.84. The molecular formula is C17H21N7O. The van der Waals surface area contributed by atoms with Gasteiger partial charge in [-0.05, 0) is 32.4 Å². The Bertz CT molecular complexity index is 811. The van der Waals surface area contributed by atoms with Crippen LogP contribution < -0.4 is 5.32 Å². The van der Waals surface area contributed by atoms with Crippen molar-refractivity contribution in [2.75, 3.05) is 0 Å². The Hall–Kier alpha value is -3.03. The summed E-state index contributed by atoms with van der Waals surface area (Å²) >= 11 is 0. The number of aryl methyl sites for hydroxylation is 1. The van der Waals surface area contributed by atoms with Crippen LogP contribution in [0.4, 0.5) is 0 Å². The first-order chi connectivity index (χ1) is 12.1. The van der Waals surface area contributed by atoms with Crippen LogP contribution in [0.3, 0.4) is 0 Å². The van der Waals surface area contributed by atoms with E-state index in [1.54, 1.807) is 28.1 Å². The Labute approximate surface area is 145 Å². The van der Waals surface area contributed by atoms with Crippen LogP contribution >= 0.6 is 0 Å². The highest BCUT2D eigenvalue weighted by Gasteiger charge is 2.16. The van der Waals surface area contributed by atoms with Gasteiger partial charge in [-0.25, -0.2) is 14.6 Å².